The first-order valence-corrected chi connectivity index (χ1v) is 6.38. The Morgan fingerprint density at radius 3 is 2.68 bits per heavy atom. The van der Waals surface area contributed by atoms with Crippen molar-refractivity contribution in [2.24, 2.45) is 0 Å². The Morgan fingerprint density at radius 1 is 1.58 bits per heavy atom. The largest absolute Gasteiger partial charge is 0.477 e. The van der Waals surface area contributed by atoms with Gasteiger partial charge in [0.2, 0.25) is 5.88 Å². The van der Waals surface area contributed by atoms with Crippen LogP contribution in [0.25, 0.3) is 0 Å². The molecule has 0 spiro atoms. The van der Waals surface area contributed by atoms with Crippen molar-refractivity contribution in [3.8, 4) is 5.88 Å². The lowest BCUT2D eigenvalue weighted by atomic mass is 10.1. The summed E-state index contributed by atoms with van der Waals surface area (Å²) in [6, 6.07) is 1.52. The molecule has 1 aromatic heterocycles. The van der Waals surface area contributed by atoms with E-state index in [4.69, 9.17) is 16.3 Å². The van der Waals surface area contributed by atoms with Crippen LogP contribution >= 0.6 is 11.6 Å². The van der Waals surface area contributed by atoms with Crippen LogP contribution in [0.3, 0.4) is 0 Å². The molecule has 0 aromatic carbocycles. The number of hydrogen-bond donors (Lipinski definition) is 1. The molecule has 0 aliphatic carbocycles. The van der Waals surface area contributed by atoms with Gasteiger partial charge in [0, 0.05) is 19.8 Å². The van der Waals surface area contributed by atoms with Gasteiger partial charge in [0.1, 0.15) is 5.02 Å². The van der Waals surface area contributed by atoms with Crippen molar-refractivity contribution in [2.75, 3.05) is 20.2 Å². The summed E-state index contributed by atoms with van der Waals surface area (Å²) in [6.45, 7) is 5.78. The highest BCUT2D eigenvalue weighted by molar-refractivity contribution is 6.32. The summed E-state index contributed by atoms with van der Waals surface area (Å²) in [6.07, 6.45) is 1.42. The molecule has 1 aromatic rings. The number of ether oxygens (including phenoxy) is 1. The highest BCUT2D eigenvalue weighted by Crippen LogP contribution is 2.23. The van der Waals surface area contributed by atoms with Crippen molar-refractivity contribution in [2.45, 2.75) is 26.4 Å². The number of pyridine rings is 1. The molecule has 1 amide bonds. The van der Waals surface area contributed by atoms with Gasteiger partial charge in [-0.1, -0.05) is 11.6 Å². The summed E-state index contributed by atoms with van der Waals surface area (Å²) >= 11 is 5.98. The minimum atomic E-state index is -0.951. The molecule has 0 radical (unpaired) electrons. The van der Waals surface area contributed by atoms with Gasteiger partial charge in [-0.2, -0.15) is 0 Å². The fraction of sp³-hybridized carbons (Fsp3) is 0.538. The van der Waals surface area contributed by atoms with Gasteiger partial charge in [-0.3, -0.25) is 4.79 Å². The molecule has 0 atom stereocenters. The topological polar surface area (TPSA) is 62.7 Å². The first-order chi connectivity index (χ1) is 8.74. The molecule has 0 unspecified atom stereocenters. The summed E-state index contributed by atoms with van der Waals surface area (Å²) in [4.78, 5) is 17.5. The molecule has 0 fully saturated rings. The normalized spacial score (nSPS) is 11.3. The predicted octanol–water partition coefficient (Wildman–Crippen LogP) is 1.98. The quantitative estimate of drug-likeness (QED) is 0.899. The Morgan fingerprint density at radius 2 is 2.21 bits per heavy atom. The van der Waals surface area contributed by atoms with Crippen LogP contribution in [0, 0.1) is 0 Å². The van der Waals surface area contributed by atoms with Gasteiger partial charge in [0.25, 0.3) is 5.91 Å². The number of carbonyl (C=O) groups excluding carboxylic acids is 1. The summed E-state index contributed by atoms with van der Waals surface area (Å²) in [5.74, 6) is 0.0606. The summed E-state index contributed by atoms with van der Waals surface area (Å²) in [5, 5.41) is 9.99. The third-order valence-corrected chi connectivity index (χ3v) is 2.58. The van der Waals surface area contributed by atoms with Crippen molar-refractivity contribution < 1.29 is 14.6 Å². The fourth-order valence-corrected chi connectivity index (χ4v) is 1.88. The monoisotopic (exact) mass is 286 g/mol. The minimum Gasteiger partial charge on any atom is -0.477 e. The van der Waals surface area contributed by atoms with E-state index in [9.17, 15) is 9.90 Å². The van der Waals surface area contributed by atoms with Gasteiger partial charge >= 0.3 is 0 Å². The van der Waals surface area contributed by atoms with Crippen molar-refractivity contribution in [1.29, 1.82) is 0 Å². The Bertz CT molecular complexity index is 458. The molecular weight excluding hydrogens is 268 g/mol. The molecule has 1 heterocycles. The molecule has 19 heavy (non-hydrogen) atoms. The van der Waals surface area contributed by atoms with Crippen LogP contribution in [0.2, 0.25) is 5.02 Å². The van der Waals surface area contributed by atoms with Crippen molar-refractivity contribution >= 4 is 17.5 Å². The zero-order valence-corrected chi connectivity index (χ0v) is 12.4. The molecular formula is C13H19ClN2O3. The van der Waals surface area contributed by atoms with Gasteiger partial charge in [-0.15, -0.1) is 0 Å². The van der Waals surface area contributed by atoms with Crippen molar-refractivity contribution in [3.05, 3.63) is 22.8 Å². The molecule has 1 rings (SSSR count). The van der Waals surface area contributed by atoms with E-state index in [1.807, 2.05) is 6.92 Å². The minimum absolute atomic E-state index is 0.219. The lowest BCUT2D eigenvalue weighted by Crippen LogP contribution is -2.39. The number of nitrogens with zero attached hydrogens (tertiary/aromatic N) is 2. The molecule has 5 nitrogen and oxygen atoms in total. The molecule has 0 aliphatic rings. The average molecular weight is 287 g/mol. The average Bonchev–Trinajstić information content (AvgIpc) is 2.29. The van der Waals surface area contributed by atoms with Gasteiger partial charge in [-0.05, 0) is 26.8 Å². The Hall–Kier alpha value is -1.33. The van der Waals surface area contributed by atoms with Crippen molar-refractivity contribution in [1.82, 2.24) is 9.88 Å². The van der Waals surface area contributed by atoms with Crippen molar-refractivity contribution in [3.63, 3.8) is 0 Å². The van der Waals surface area contributed by atoms with E-state index in [0.717, 1.165) is 0 Å². The van der Waals surface area contributed by atoms with Crippen LogP contribution in [0.4, 0.5) is 0 Å². The highest BCUT2D eigenvalue weighted by Gasteiger charge is 2.21. The van der Waals surface area contributed by atoms with E-state index >= 15 is 0 Å². The van der Waals surface area contributed by atoms with E-state index in [2.05, 4.69) is 4.98 Å². The zero-order chi connectivity index (χ0) is 14.6. The maximum atomic E-state index is 12.1. The third-order valence-electron chi connectivity index (χ3n) is 2.31. The number of carbonyl (C=O) groups is 1. The molecule has 106 valence electrons. The van der Waals surface area contributed by atoms with E-state index in [1.165, 1.54) is 17.2 Å². The maximum absolute atomic E-state index is 12.1. The van der Waals surface area contributed by atoms with Crippen LogP contribution in [-0.2, 0) is 0 Å². The standard InChI is InChI=1S/C13H19ClN2O3/c1-5-19-11-10(14)6-9(7-15-11)12(17)16(4)8-13(2,3)18/h6-7,18H,5,8H2,1-4H3. The van der Waals surface area contributed by atoms with E-state index in [-0.39, 0.29) is 12.5 Å². The summed E-state index contributed by atoms with van der Waals surface area (Å²) < 4.78 is 5.20. The number of halogens is 1. The zero-order valence-electron chi connectivity index (χ0n) is 11.6. The number of likely N-dealkylation sites (N-methyl/N-ethyl adjacent to an activating group) is 1. The van der Waals surface area contributed by atoms with Gasteiger partial charge in [0.05, 0.1) is 17.8 Å². The van der Waals surface area contributed by atoms with E-state index in [0.29, 0.717) is 23.1 Å². The third kappa shape index (κ3) is 4.69. The number of rotatable bonds is 5. The smallest absolute Gasteiger partial charge is 0.255 e. The molecule has 0 aliphatic heterocycles. The van der Waals surface area contributed by atoms with Gasteiger partial charge in [-0.25, -0.2) is 4.98 Å². The molecule has 0 saturated carbocycles. The lowest BCUT2D eigenvalue weighted by molar-refractivity contribution is 0.0367. The van der Waals surface area contributed by atoms with E-state index < -0.39 is 5.60 Å². The molecule has 0 bridgehead atoms. The Balaban J connectivity index is 2.86. The first kappa shape index (κ1) is 15.7. The van der Waals surface area contributed by atoms with Crippen LogP contribution in [0.5, 0.6) is 5.88 Å². The first-order valence-electron chi connectivity index (χ1n) is 6.01. The highest BCUT2D eigenvalue weighted by atomic mass is 35.5. The lowest BCUT2D eigenvalue weighted by Gasteiger charge is -2.25. The number of amides is 1. The van der Waals surface area contributed by atoms with E-state index in [1.54, 1.807) is 20.9 Å². The predicted molar refractivity (Wildman–Crippen MR) is 73.7 cm³/mol. The molecule has 0 saturated heterocycles. The second kappa shape index (κ2) is 6.21. The SMILES string of the molecule is CCOc1ncc(C(=O)N(C)CC(C)(C)O)cc1Cl. The van der Waals surface area contributed by atoms with Gasteiger partial charge < -0.3 is 14.7 Å². The van der Waals surface area contributed by atoms with Crippen LogP contribution in [0.1, 0.15) is 31.1 Å². The second-order valence-electron chi connectivity index (χ2n) is 4.92. The maximum Gasteiger partial charge on any atom is 0.255 e. The second-order valence-corrected chi connectivity index (χ2v) is 5.32. The van der Waals surface area contributed by atoms with Crippen LogP contribution in [0.15, 0.2) is 12.3 Å². The fourth-order valence-electron chi connectivity index (χ4n) is 1.66. The molecule has 1 N–H and O–H groups in total. The number of hydrogen-bond acceptors (Lipinski definition) is 4. The van der Waals surface area contributed by atoms with Gasteiger partial charge in [0.15, 0.2) is 0 Å². The summed E-state index contributed by atoms with van der Waals surface area (Å²) in [5.41, 5.74) is -0.590. The Kier molecular flexibility index (Phi) is 5.14. The molecule has 6 heteroatoms. The number of aliphatic hydroxyl groups is 1. The van der Waals surface area contributed by atoms with Crippen LogP contribution < -0.4 is 4.74 Å². The summed E-state index contributed by atoms with van der Waals surface area (Å²) in [7, 11) is 1.62. The number of aromatic nitrogens is 1. The van der Waals surface area contributed by atoms with Crippen LogP contribution in [-0.4, -0.2) is 46.7 Å². The Labute approximate surface area is 118 Å².